The van der Waals surface area contributed by atoms with E-state index in [4.69, 9.17) is 0 Å². The van der Waals surface area contributed by atoms with E-state index in [2.05, 4.69) is 59.6 Å². The molecule has 2 heteroatoms. The zero-order chi connectivity index (χ0) is 11.0. The van der Waals surface area contributed by atoms with Crippen LogP contribution in [0.1, 0.15) is 18.1 Å². The summed E-state index contributed by atoms with van der Waals surface area (Å²) in [5, 5.41) is 0. The lowest BCUT2D eigenvalue weighted by Gasteiger charge is -2.27. The Morgan fingerprint density at radius 1 is 1.47 bits per heavy atom. The first-order chi connectivity index (χ1) is 7.11. The van der Waals surface area contributed by atoms with Gasteiger partial charge in [-0.25, -0.2) is 0 Å². The van der Waals surface area contributed by atoms with Gasteiger partial charge in [0, 0.05) is 29.3 Å². The SMILES string of the molecule is C=Cc1cc(Br)c2c(c1)N(C)CC(C)=C2. The van der Waals surface area contributed by atoms with Gasteiger partial charge in [-0.2, -0.15) is 0 Å². The minimum atomic E-state index is 1.00. The molecule has 15 heavy (non-hydrogen) atoms. The lowest BCUT2D eigenvalue weighted by Crippen LogP contribution is -2.23. The minimum absolute atomic E-state index is 1.00. The van der Waals surface area contributed by atoms with E-state index in [1.807, 2.05) is 6.08 Å². The van der Waals surface area contributed by atoms with Crippen molar-refractivity contribution in [1.29, 1.82) is 0 Å². The summed E-state index contributed by atoms with van der Waals surface area (Å²) in [4.78, 5) is 2.27. The van der Waals surface area contributed by atoms with Crippen LogP contribution in [0.25, 0.3) is 12.2 Å². The van der Waals surface area contributed by atoms with Gasteiger partial charge in [0.25, 0.3) is 0 Å². The molecule has 0 aliphatic carbocycles. The van der Waals surface area contributed by atoms with E-state index in [1.54, 1.807) is 0 Å². The molecule has 1 heterocycles. The number of fused-ring (bicyclic) bond motifs is 1. The van der Waals surface area contributed by atoms with Crippen molar-refractivity contribution in [3.63, 3.8) is 0 Å². The van der Waals surface area contributed by atoms with Gasteiger partial charge in [-0.1, -0.05) is 40.2 Å². The smallest absolute Gasteiger partial charge is 0.0457 e. The summed E-state index contributed by atoms with van der Waals surface area (Å²) in [6.07, 6.45) is 4.12. The van der Waals surface area contributed by atoms with Crippen molar-refractivity contribution in [3.8, 4) is 0 Å². The molecule has 0 unspecified atom stereocenters. The fourth-order valence-corrected chi connectivity index (χ4v) is 2.53. The fourth-order valence-electron chi connectivity index (χ4n) is 1.95. The molecule has 1 aromatic rings. The molecule has 1 aliphatic heterocycles. The number of nitrogens with zero attached hydrogens (tertiary/aromatic N) is 1. The second-order valence-electron chi connectivity index (χ2n) is 3.99. The molecule has 1 aromatic carbocycles. The molecule has 0 aromatic heterocycles. The van der Waals surface area contributed by atoms with Gasteiger partial charge in [0.15, 0.2) is 0 Å². The molecular formula is C13H14BrN. The highest BCUT2D eigenvalue weighted by atomic mass is 79.9. The van der Waals surface area contributed by atoms with Crippen LogP contribution in [0.5, 0.6) is 0 Å². The van der Waals surface area contributed by atoms with Gasteiger partial charge in [0.05, 0.1) is 0 Å². The lowest BCUT2D eigenvalue weighted by molar-refractivity contribution is 0.970. The van der Waals surface area contributed by atoms with Crippen LogP contribution in [0, 0.1) is 0 Å². The summed E-state index contributed by atoms with van der Waals surface area (Å²) in [5.74, 6) is 0. The van der Waals surface area contributed by atoms with Gasteiger partial charge in [-0.15, -0.1) is 0 Å². The largest absolute Gasteiger partial charge is 0.370 e. The van der Waals surface area contributed by atoms with Crippen LogP contribution in [0.4, 0.5) is 5.69 Å². The van der Waals surface area contributed by atoms with Gasteiger partial charge >= 0.3 is 0 Å². The van der Waals surface area contributed by atoms with Crippen molar-refractivity contribution in [2.24, 2.45) is 0 Å². The van der Waals surface area contributed by atoms with Gasteiger partial charge in [-0.05, 0) is 24.6 Å². The predicted octanol–water partition coefficient (Wildman–Crippen LogP) is 3.95. The maximum atomic E-state index is 3.81. The van der Waals surface area contributed by atoms with Gasteiger partial charge < -0.3 is 4.90 Å². The third-order valence-corrected chi connectivity index (χ3v) is 3.31. The van der Waals surface area contributed by atoms with Gasteiger partial charge in [-0.3, -0.25) is 0 Å². The summed E-state index contributed by atoms with van der Waals surface area (Å²) < 4.78 is 1.14. The number of anilines is 1. The van der Waals surface area contributed by atoms with Crippen molar-refractivity contribution >= 4 is 33.8 Å². The molecular weight excluding hydrogens is 250 g/mol. The van der Waals surface area contributed by atoms with Crippen LogP contribution < -0.4 is 4.90 Å². The number of benzene rings is 1. The highest BCUT2D eigenvalue weighted by molar-refractivity contribution is 9.10. The van der Waals surface area contributed by atoms with Crippen molar-refractivity contribution in [2.45, 2.75) is 6.92 Å². The number of hydrogen-bond donors (Lipinski definition) is 0. The first-order valence-electron chi connectivity index (χ1n) is 4.96. The third kappa shape index (κ3) is 1.86. The van der Waals surface area contributed by atoms with E-state index >= 15 is 0 Å². The molecule has 78 valence electrons. The molecule has 0 fully saturated rings. The summed E-state index contributed by atoms with van der Waals surface area (Å²) in [6, 6.07) is 4.28. The van der Waals surface area contributed by atoms with Gasteiger partial charge in [0.2, 0.25) is 0 Å². The maximum Gasteiger partial charge on any atom is 0.0457 e. The topological polar surface area (TPSA) is 3.24 Å². The van der Waals surface area contributed by atoms with E-state index in [-0.39, 0.29) is 0 Å². The number of rotatable bonds is 1. The Morgan fingerprint density at radius 2 is 2.20 bits per heavy atom. The summed E-state index contributed by atoms with van der Waals surface area (Å²) in [5.41, 5.74) is 5.08. The Kier molecular flexibility index (Phi) is 2.70. The Labute approximate surface area is 99.2 Å². The highest BCUT2D eigenvalue weighted by Gasteiger charge is 2.15. The molecule has 1 aliphatic rings. The first-order valence-corrected chi connectivity index (χ1v) is 5.75. The molecule has 0 atom stereocenters. The van der Waals surface area contributed by atoms with E-state index in [1.165, 1.54) is 16.8 Å². The lowest BCUT2D eigenvalue weighted by atomic mass is 10.0. The number of hydrogen-bond acceptors (Lipinski definition) is 1. The second-order valence-corrected chi connectivity index (χ2v) is 4.84. The minimum Gasteiger partial charge on any atom is -0.370 e. The van der Waals surface area contributed by atoms with E-state index in [9.17, 15) is 0 Å². The summed E-state index contributed by atoms with van der Waals surface area (Å²) >= 11 is 3.61. The Hall–Kier alpha value is -1.02. The van der Waals surface area contributed by atoms with Crippen molar-refractivity contribution < 1.29 is 0 Å². The third-order valence-electron chi connectivity index (χ3n) is 2.65. The van der Waals surface area contributed by atoms with Crippen LogP contribution >= 0.6 is 15.9 Å². The van der Waals surface area contributed by atoms with Crippen LogP contribution in [0.15, 0.2) is 28.8 Å². The zero-order valence-electron chi connectivity index (χ0n) is 9.05. The maximum absolute atomic E-state index is 3.81. The fraction of sp³-hybridized carbons (Fsp3) is 0.231. The van der Waals surface area contributed by atoms with E-state index < -0.39 is 0 Å². The monoisotopic (exact) mass is 263 g/mol. The highest BCUT2D eigenvalue weighted by Crippen LogP contribution is 2.34. The van der Waals surface area contributed by atoms with Crippen molar-refractivity contribution in [2.75, 3.05) is 18.5 Å². The quantitative estimate of drug-likeness (QED) is 0.742. The summed E-state index contributed by atoms with van der Waals surface area (Å²) in [7, 11) is 2.12. The molecule has 2 rings (SSSR count). The predicted molar refractivity (Wildman–Crippen MR) is 71.2 cm³/mol. The van der Waals surface area contributed by atoms with Crippen molar-refractivity contribution in [3.05, 3.63) is 39.9 Å². The summed E-state index contributed by atoms with van der Waals surface area (Å²) in [6.45, 7) is 6.97. The second kappa shape index (κ2) is 3.86. The van der Waals surface area contributed by atoms with Crippen LogP contribution in [0.2, 0.25) is 0 Å². The Morgan fingerprint density at radius 3 is 2.87 bits per heavy atom. The standard InChI is InChI=1S/C13H14BrN/c1-4-10-6-12(14)11-5-9(2)8-15(3)13(11)7-10/h4-7H,1,8H2,2-3H3. The number of halogens is 1. The van der Waals surface area contributed by atoms with E-state index in [0.717, 1.165) is 16.6 Å². The molecule has 0 bridgehead atoms. The van der Waals surface area contributed by atoms with Crippen molar-refractivity contribution in [1.82, 2.24) is 0 Å². The Bertz CT molecular complexity index is 446. The molecule has 0 N–H and O–H groups in total. The molecule has 0 saturated heterocycles. The Balaban J connectivity index is 2.65. The van der Waals surface area contributed by atoms with E-state index in [0.29, 0.717) is 0 Å². The molecule has 0 amide bonds. The zero-order valence-corrected chi connectivity index (χ0v) is 10.6. The van der Waals surface area contributed by atoms with Gasteiger partial charge in [0.1, 0.15) is 0 Å². The number of likely N-dealkylation sites (N-methyl/N-ethyl adjacent to an activating group) is 1. The average molecular weight is 264 g/mol. The average Bonchev–Trinajstić information content (AvgIpc) is 2.19. The normalized spacial score (nSPS) is 14.6. The van der Waals surface area contributed by atoms with Crippen LogP contribution in [0.3, 0.4) is 0 Å². The molecule has 0 spiro atoms. The van der Waals surface area contributed by atoms with Crippen LogP contribution in [-0.2, 0) is 0 Å². The molecule has 0 saturated carbocycles. The molecule has 1 nitrogen and oxygen atoms in total. The first kappa shape index (κ1) is 10.5. The molecule has 0 radical (unpaired) electrons. The van der Waals surface area contributed by atoms with Crippen LogP contribution in [-0.4, -0.2) is 13.6 Å².